The Labute approximate surface area is 190 Å². The van der Waals surface area contributed by atoms with Gasteiger partial charge in [-0.05, 0) is 35.2 Å². The van der Waals surface area contributed by atoms with Crippen LogP contribution in [0.5, 0.6) is 5.75 Å². The lowest BCUT2D eigenvalue weighted by Crippen LogP contribution is -2.51. The van der Waals surface area contributed by atoms with E-state index in [-0.39, 0.29) is 19.2 Å². The number of carbonyl (C=O) groups is 1. The van der Waals surface area contributed by atoms with Gasteiger partial charge in [-0.2, -0.15) is 0 Å². The monoisotopic (exact) mass is 430 g/mol. The van der Waals surface area contributed by atoms with Crippen LogP contribution in [0.2, 0.25) is 0 Å². The lowest BCUT2D eigenvalue weighted by molar-refractivity contribution is -0.147. The van der Waals surface area contributed by atoms with E-state index >= 15 is 0 Å². The molecule has 1 aliphatic rings. The number of benzene rings is 3. The zero-order valence-electron chi connectivity index (χ0n) is 18.3. The van der Waals surface area contributed by atoms with Crippen molar-refractivity contribution >= 4 is 5.97 Å². The molecule has 0 aliphatic carbocycles. The van der Waals surface area contributed by atoms with Crippen LogP contribution in [-0.4, -0.2) is 43.2 Å². The standard InChI is InChI=1S/C27H30N2O3/c30-27(32-20-24-9-5-2-6-10-24)21-31-26-13-11-22(12-14-26)17-25-19-29(16-15-28-25)18-23-7-3-1-4-8-23/h1-14,25,28H,15-21H2/t25-/m1/s1. The third-order valence-corrected chi connectivity index (χ3v) is 5.59. The Morgan fingerprint density at radius 1 is 0.875 bits per heavy atom. The highest BCUT2D eigenvalue weighted by Crippen LogP contribution is 2.16. The van der Waals surface area contributed by atoms with Crippen molar-refractivity contribution in [1.29, 1.82) is 0 Å². The zero-order valence-corrected chi connectivity index (χ0v) is 18.3. The van der Waals surface area contributed by atoms with Gasteiger partial charge in [-0.1, -0.05) is 72.8 Å². The second-order valence-electron chi connectivity index (χ2n) is 8.15. The number of ether oxygens (including phenoxy) is 2. The Morgan fingerprint density at radius 2 is 1.56 bits per heavy atom. The average molecular weight is 431 g/mol. The second-order valence-corrected chi connectivity index (χ2v) is 8.15. The van der Waals surface area contributed by atoms with Crippen LogP contribution in [0, 0.1) is 0 Å². The number of esters is 1. The summed E-state index contributed by atoms with van der Waals surface area (Å²) in [7, 11) is 0. The van der Waals surface area contributed by atoms with Crippen LogP contribution in [0.15, 0.2) is 84.9 Å². The Bertz CT molecular complexity index is 961. The summed E-state index contributed by atoms with van der Waals surface area (Å²) in [5.41, 5.74) is 3.57. The fourth-order valence-corrected chi connectivity index (χ4v) is 3.94. The first-order chi connectivity index (χ1) is 15.7. The van der Waals surface area contributed by atoms with Crippen LogP contribution in [-0.2, 0) is 29.1 Å². The summed E-state index contributed by atoms with van der Waals surface area (Å²) in [5.74, 6) is 0.301. The fraction of sp³-hybridized carbons (Fsp3) is 0.296. The molecular weight excluding hydrogens is 400 g/mol. The Hall–Kier alpha value is -3.15. The van der Waals surface area contributed by atoms with Crippen LogP contribution >= 0.6 is 0 Å². The quantitative estimate of drug-likeness (QED) is 0.523. The van der Waals surface area contributed by atoms with Crippen molar-refractivity contribution in [2.24, 2.45) is 0 Å². The zero-order chi connectivity index (χ0) is 22.0. The van der Waals surface area contributed by atoms with Crippen molar-refractivity contribution in [2.75, 3.05) is 26.2 Å². The Morgan fingerprint density at radius 3 is 2.28 bits per heavy atom. The van der Waals surface area contributed by atoms with Gasteiger partial charge in [-0.3, -0.25) is 4.90 Å². The van der Waals surface area contributed by atoms with E-state index in [0.717, 1.165) is 38.2 Å². The van der Waals surface area contributed by atoms with Crippen LogP contribution in [0.4, 0.5) is 0 Å². The molecule has 5 nitrogen and oxygen atoms in total. The van der Waals surface area contributed by atoms with Crippen molar-refractivity contribution in [3.63, 3.8) is 0 Å². The molecule has 0 bridgehead atoms. The lowest BCUT2D eigenvalue weighted by atomic mass is 10.0. The topological polar surface area (TPSA) is 50.8 Å². The summed E-state index contributed by atoms with van der Waals surface area (Å²) in [6.45, 7) is 4.26. The number of hydrogen-bond donors (Lipinski definition) is 1. The number of hydrogen-bond acceptors (Lipinski definition) is 5. The number of carbonyl (C=O) groups excluding carboxylic acids is 1. The molecule has 166 valence electrons. The van der Waals surface area contributed by atoms with Gasteiger partial charge in [0.15, 0.2) is 6.61 Å². The SMILES string of the molecule is O=C(COc1ccc(C[C@@H]2CN(Cc3ccccc3)CCN2)cc1)OCc1ccccc1. The molecule has 5 heteroatoms. The van der Waals surface area contributed by atoms with E-state index in [1.165, 1.54) is 11.1 Å². The van der Waals surface area contributed by atoms with Gasteiger partial charge in [-0.25, -0.2) is 4.79 Å². The molecule has 0 spiro atoms. The van der Waals surface area contributed by atoms with Gasteiger partial charge >= 0.3 is 5.97 Å². The van der Waals surface area contributed by atoms with Crippen molar-refractivity contribution in [3.05, 3.63) is 102 Å². The van der Waals surface area contributed by atoms with E-state index in [4.69, 9.17) is 9.47 Å². The van der Waals surface area contributed by atoms with Crippen molar-refractivity contribution < 1.29 is 14.3 Å². The summed E-state index contributed by atoms with van der Waals surface area (Å²) in [4.78, 5) is 14.4. The summed E-state index contributed by atoms with van der Waals surface area (Å²) in [6.07, 6.45) is 0.963. The third kappa shape index (κ3) is 6.94. The van der Waals surface area contributed by atoms with Gasteiger partial charge < -0.3 is 14.8 Å². The van der Waals surface area contributed by atoms with Crippen LogP contribution in [0.3, 0.4) is 0 Å². The molecule has 3 aromatic carbocycles. The molecule has 32 heavy (non-hydrogen) atoms. The minimum absolute atomic E-state index is 0.0925. The molecule has 1 saturated heterocycles. The van der Waals surface area contributed by atoms with Gasteiger partial charge in [0.1, 0.15) is 12.4 Å². The van der Waals surface area contributed by atoms with Gasteiger partial charge in [-0.15, -0.1) is 0 Å². The molecule has 1 aliphatic heterocycles. The maximum Gasteiger partial charge on any atom is 0.344 e. The lowest BCUT2D eigenvalue weighted by Gasteiger charge is -2.34. The summed E-state index contributed by atoms with van der Waals surface area (Å²) >= 11 is 0. The van der Waals surface area contributed by atoms with Crippen molar-refractivity contribution in [2.45, 2.75) is 25.6 Å². The summed E-state index contributed by atoms with van der Waals surface area (Å²) < 4.78 is 10.8. The Balaban J connectivity index is 1.20. The molecule has 0 radical (unpaired) electrons. The first kappa shape index (κ1) is 22.1. The minimum Gasteiger partial charge on any atom is -0.482 e. The number of piperazine rings is 1. The molecule has 1 heterocycles. The first-order valence-electron chi connectivity index (χ1n) is 11.2. The molecule has 1 N–H and O–H groups in total. The highest BCUT2D eigenvalue weighted by Gasteiger charge is 2.19. The molecule has 3 aromatic rings. The van der Waals surface area contributed by atoms with Gasteiger partial charge in [0.2, 0.25) is 0 Å². The minimum atomic E-state index is -0.372. The van der Waals surface area contributed by atoms with Crippen LogP contribution in [0.1, 0.15) is 16.7 Å². The number of nitrogens with zero attached hydrogens (tertiary/aromatic N) is 1. The fourth-order valence-electron chi connectivity index (χ4n) is 3.94. The largest absolute Gasteiger partial charge is 0.482 e. The summed E-state index contributed by atoms with van der Waals surface area (Å²) in [6, 6.07) is 28.7. The highest BCUT2D eigenvalue weighted by atomic mass is 16.6. The second kappa shape index (κ2) is 11.5. The van der Waals surface area contributed by atoms with E-state index < -0.39 is 0 Å². The number of rotatable bonds is 9. The van der Waals surface area contributed by atoms with Crippen molar-refractivity contribution in [1.82, 2.24) is 10.2 Å². The van der Waals surface area contributed by atoms with Gasteiger partial charge in [0.05, 0.1) is 0 Å². The molecular formula is C27H30N2O3. The predicted molar refractivity (Wildman–Crippen MR) is 125 cm³/mol. The molecule has 0 aromatic heterocycles. The van der Waals surface area contributed by atoms with Crippen LogP contribution < -0.4 is 10.1 Å². The van der Waals surface area contributed by atoms with E-state index in [0.29, 0.717) is 11.8 Å². The maximum atomic E-state index is 11.9. The Kier molecular flexibility index (Phi) is 7.90. The third-order valence-electron chi connectivity index (χ3n) is 5.59. The predicted octanol–water partition coefficient (Wildman–Crippen LogP) is 3.83. The van der Waals surface area contributed by atoms with E-state index in [9.17, 15) is 4.79 Å². The van der Waals surface area contributed by atoms with Gasteiger partial charge in [0.25, 0.3) is 0 Å². The highest BCUT2D eigenvalue weighted by molar-refractivity contribution is 5.71. The average Bonchev–Trinajstić information content (AvgIpc) is 2.84. The smallest absolute Gasteiger partial charge is 0.344 e. The first-order valence-corrected chi connectivity index (χ1v) is 11.2. The van der Waals surface area contributed by atoms with Crippen LogP contribution in [0.25, 0.3) is 0 Å². The molecule has 1 atom stereocenters. The molecule has 4 rings (SSSR count). The molecule has 1 fully saturated rings. The molecule has 0 unspecified atom stereocenters. The van der Waals surface area contributed by atoms with Crippen molar-refractivity contribution in [3.8, 4) is 5.75 Å². The number of nitrogens with one attached hydrogen (secondary N) is 1. The summed E-state index contributed by atoms with van der Waals surface area (Å²) in [5, 5.41) is 3.63. The normalized spacial score (nSPS) is 16.4. The van der Waals surface area contributed by atoms with E-state index in [1.54, 1.807) is 0 Å². The van der Waals surface area contributed by atoms with E-state index in [2.05, 4.69) is 52.7 Å². The van der Waals surface area contributed by atoms with E-state index in [1.807, 2.05) is 42.5 Å². The molecule has 0 amide bonds. The maximum absolute atomic E-state index is 11.9. The molecule has 0 saturated carbocycles. The van der Waals surface area contributed by atoms with Gasteiger partial charge in [0, 0.05) is 32.2 Å².